The average Bonchev–Trinajstić information content (AvgIpc) is 2.72. The molecule has 0 bridgehead atoms. The van der Waals surface area contributed by atoms with E-state index in [0.29, 0.717) is 0 Å². The van der Waals surface area contributed by atoms with Crippen LogP contribution in [0.1, 0.15) is 5.56 Å². The van der Waals surface area contributed by atoms with Gasteiger partial charge in [0.25, 0.3) is 0 Å². The Kier molecular flexibility index (Phi) is 2.00. The maximum absolute atomic E-state index is 4.59. The first kappa shape index (κ1) is 9.16. The van der Waals surface area contributed by atoms with Crippen molar-refractivity contribution in [2.24, 2.45) is 0 Å². The standard InChI is InChI=1S/C14H12N2/c1-11-5-4-6-12(9-11)13-10-16-8-3-2-7-14(16)15-13/h2-10H,1H3. The molecule has 0 fully saturated rings. The van der Waals surface area contributed by atoms with E-state index in [9.17, 15) is 0 Å². The molecule has 2 aromatic heterocycles. The minimum Gasteiger partial charge on any atom is -0.306 e. The van der Waals surface area contributed by atoms with Gasteiger partial charge in [-0.05, 0) is 25.1 Å². The number of benzene rings is 1. The molecule has 0 N–H and O–H groups in total. The van der Waals surface area contributed by atoms with Crippen LogP contribution in [0.5, 0.6) is 0 Å². The van der Waals surface area contributed by atoms with Gasteiger partial charge >= 0.3 is 0 Å². The summed E-state index contributed by atoms with van der Waals surface area (Å²) in [6.45, 7) is 2.10. The van der Waals surface area contributed by atoms with E-state index in [1.807, 2.05) is 28.8 Å². The van der Waals surface area contributed by atoms with Crippen LogP contribution < -0.4 is 0 Å². The molecular weight excluding hydrogens is 196 g/mol. The van der Waals surface area contributed by atoms with Crippen molar-refractivity contribution in [1.29, 1.82) is 0 Å². The molecule has 2 nitrogen and oxygen atoms in total. The van der Waals surface area contributed by atoms with Crippen LogP contribution in [0.2, 0.25) is 0 Å². The highest BCUT2D eigenvalue weighted by Crippen LogP contribution is 2.19. The molecule has 16 heavy (non-hydrogen) atoms. The molecule has 0 saturated carbocycles. The fraction of sp³-hybridized carbons (Fsp3) is 0.0714. The fourth-order valence-corrected chi connectivity index (χ4v) is 1.88. The second-order valence-corrected chi connectivity index (χ2v) is 3.96. The zero-order valence-corrected chi connectivity index (χ0v) is 9.09. The van der Waals surface area contributed by atoms with Crippen molar-refractivity contribution in [2.75, 3.05) is 0 Å². The lowest BCUT2D eigenvalue weighted by Gasteiger charge is -1.96. The molecule has 78 valence electrons. The van der Waals surface area contributed by atoms with Gasteiger partial charge in [-0.2, -0.15) is 0 Å². The minimum atomic E-state index is 0.985. The van der Waals surface area contributed by atoms with E-state index in [0.717, 1.165) is 11.3 Å². The minimum absolute atomic E-state index is 0.985. The van der Waals surface area contributed by atoms with E-state index in [2.05, 4.69) is 42.4 Å². The first-order valence-electron chi connectivity index (χ1n) is 5.34. The van der Waals surface area contributed by atoms with Crippen molar-refractivity contribution >= 4 is 5.65 Å². The molecule has 0 amide bonds. The topological polar surface area (TPSA) is 17.3 Å². The molecule has 2 heteroatoms. The van der Waals surface area contributed by atoms with Crippen molar-refractivity contribution in [3.63, 3.8) is 0 Å². The van der Waals surface area contributed by atoms with Crippen LogP contribution in [0.3, 0.4) is 0 Å². The van der Waals surface area contributed by atoms with Crippen molar-refractivity contribution in [2.45, 2.75) is 6.92 Å². The van der Waals surface area contributed by atoms with Gasteiger partial charge in [-0.1, -0.05) is 29.8 Å². The summed E-state index contributed by atoms with van der Waals surface area (Å²) in [6.07, 6.45) is 4.08. The van der Waals surface area contributed by atoms with Gasteiger partial charge in [0, 0.05) is 18.0 Å². The van der Waals surface area contributed by atoms with Crippen molar-refractivity contribution in [3.8, 4) is 11.3 Å². The SMILES string of the molecule is Cc1cccc(-c2cn3ccccc3n2)c1. The third kappa shape index (κ3) is 1.48. The number of aromatic nitrogens is 2. The Morgan fingerprint density at radius 1 is 1.06 bits per heavy atom. The van der Waals surface area contributed by atoms with Gasteiger partial charge in [-0.3, -0.25) is 0 Å². The van der Waals surface area contributed by atoms with Crippen LogP contribution in [0, 0.1) is 6.92 Å². The second-order valence-electron chi connectivity index (χ2n) is 3.96. The van der Waals surface area contributed by atoms with Crippen molar-refractivity contribution in [1.82, 2.24) is 9.38 Å². The van der Waals surface area contributed by atoms with E-state index < -0.39 is 0 Å². The predicted octanol–water partition coefficient (Wildman–Crippen LogP) is 3.31. The average molecular weight is 208 g/mol. The molecule has 0 unspecified atom stereocenters. The van der Waals surface area contributed by atoms with Crippen LogP contribution >= 0.6 is 0 Å². The molecule has 0 radical (unpaired) electrons. The van der Waals surface area contributed by atoms with Gasteiger partial charge in [0.05, 0.1) is 5.69 Å². The van der Waals surface area contributed by atoms with Gasteiger partial charge < -0.3 is 4.40 Å². The number of imidazole rings is 1. The number of aryl methyl sites for hydroxylation is 1. The summed E-state index contributed by atoms with van der Waals surface area (Å²) >= 11 is 0. The van der Waals surface area contributed by atoms with Gasteiger partial charge in [-0.15, -0.1) is 0 Å². The molecule has 0 saturated heterocycles. The smallest absolute Gasteiger partial charge is 0.137 e. The van der Waals surface area contributed by atoms with Crippen molar-refractivity contribution in [3.05, 3.63) is 60.4 Å². The summed E-state index contributed by atoms with van der Waals surface area (Å²) in [5, 5.41) is 0. The molecule has 0 aliphatic rings. The van der Waals surface area contributed by atoms with Crippen LogP contribution in [-0.4, -0.2) is 9.38 Å². The molecule has 3 rings (SSSR count). The first-order chi connectivity index (χ1) is 7.83. The van der Waals surface area contributed by atoms with E-state index in [-0.39, 0.29) is 0 Å². The Hall–Kier alpha value is -2.09. The van der Waals surface area contributed by atoms with Gasteiger partial charge in [0.2, 0.25) is 0 Å². The highest BCUT2D eigenvalue weighted by molar-refractivity contribution is 5.63. The molecule has 0 atom stereocenters. The van der Waals surface area contributed by atoms with Gasteiger partial charge in [0.1, 0.15) is 5.65 Å². The third-order valence-electron chi connectivity index (χ3n) is 2.68. The molecule has 0 spiro atoms. The van der Waals surface area contributed by atoms with Crippen molar-refractivity contribution < 1.29 is 0 Å². The predicted molar refractivity (Wildman–Crippen MR) is 65.4 cm³/mol. The maximum atomic E-state index is 4.59. The first-order valence-corrected chi connectivity index (χ1v) is 5.34. The number of fused-ring (bicyclic) bond motifs is 1. The molecule has 0 aliphatic heterocycles. The number of hydrogen-bond acceptors (Lipinski definition) is 1. The summed E-state index contributed by atoms with van der Waals surface area (Å²) in [5.74, 6) is 0. The highest BCUT2D eigenvalue weighted by atomic mass is 15.0. The Balaban J connectivity index is 2.19. The summed E-state index contributed by atoms with van der Waals surface area (Å²) in [6, 6.07) is 14.4. The maximum Gasteiger partial charge on any atom is 0.137 e. The number of nitrogens with zero attached hydrogens (tertiary/aromatic N) is 2. The van der Waals surface area contributed by atoms with Gasteiger partial charge in [0.15, 0.2) is 0 Å². The third-order valence-corrected chi connectivity index (χ3v) is 2.68. The van der Waals surface area contributed by atoms with Crippen LogP contribution in [-0.2, 0) is 0 Å². The molecule has 3 aromatic rings. The Bertz CT molecular complexity index is 605. The lowest BCUT2D eigenvalue weighted by Crippen LogP contribution is -1.78. The van der Waals surface area contributed by atoms with Crippen LogP contribution in [0.25, 0.3) is 16.9 Å². The summed E-state index contributed by atoms with van der Waals surface area (Å²) in [5.41, 5.74) is 4.44. The molecule has 0 aliphatic carbocycles. The van der Waals surface area contributed by atoms with Gasteiger partial charge in [-0.25, -0.2) is 4.98 Å². The van der Waals surface area contributed by atoms with Crippen LogP contribution in [0.15, 0.2) is 54.9 Å². The Morgan fingerprint density at radius 3 is 2.81 bits per heavy atom. The molecule has 2 heterocycles. The largest absolute Gasteiger partial charge is 0.306 e. The lowest BCUT2D eigenvalue weighted by atomic mass is 10.1. The quantitative estimate of drug-likeness (QED) is 0.599. The van der Waals surface area contributed by atoms with E-state index in [1.165, 1.54) is 11.1 Å². The molecular formula is C14H12N2. The van der Waals surface area contributed by atoms with E-state index >= 15 is 0 Å². The number of hydrogen-bond donors (Lipinski definition) is 0. The summed E-state index contributed by atoms with van der Waals surface area (Å²) in [7, 11) is 0. The van der Waals surface area contributed by atoms with E-state index in [4.69, 9.17) is 0 Å². The normalized spacial score (nSPS) is 10.8. The lowest BCUT2D eigenvalue weighted by molar-refractivity contribution is 1.19. The Morgan fingerprint density at radius 2 is 2.00 bits per heavy atom. The zero-order chi connectivity index (χ0) is 11.0. The highest BCUT2D eigenvalue weighted by Gasteiger charge is 2.03. The number of pyridine rings is 1. The summed E-state index contributed by atoms with van der Waals surface area (Å²) < 4.78 is 2.04. The monoisotopic (exact) mass is 208 g/mol. The second kappa shape index (κ2) is 3.49. The fourth-order valence-electron chi connectivity index (χ4n) is 1.88. The Labute approximate surface area is 94.2 Å². The summed E-state index contributed by atoms with van der Waals surface area (Å²) in [4.78, 5) is 4.59. The zero-order valence-electron chi connectivity index (χ0n) is 9.09. The van der Waals surface area contributed by atoms with Crippen LogP contribution in [0.4, 0.5) is 0 Å². The number of rotatable bonds is 1. The molecule has 1 aromatic carbocycles. The van der Waals surface area contributed by atoms with E-state index in [1.54, 1.807) is 0 Å².